The van der Waals surface area contributed by atoms with Gasteiger partial charge in [-0.2, -0.15) is 0 Å². The zero-order chi connectivity index (χ0) is 17.4. The van der Waals surface area contributed by atoms with Crippen LogP contribution in [0.4, 0.5) is 0 Å². The standard InChI is InChI=1S/C21H25ClN2O/c1-24(15-7-3-2-4-8-15)21(25)14-11-12-17-19(13-14)23-18-10-6-5-9-16(18)20(17)22/h11-13,15H,2-10H2,1H3. The number of carbonyl (C=O) groups is 1. The van der Waals surface area contributed by atoms with Crippen molar-refractivity contribution in [2.24, 2.45) is 0 Å². The fourth-order valence-corrected chi connectivity index (χ4v) is 4.70. The van der Waals surface area contributed by atoms with Gasteiger partial charge in [0.25, 0.3) is 5.91 Å². The van der Waals surface area contributed by atoms with E-state index in [-0.39, 0.29) is 5.91 Å². The van der Waals surface area contributed by atoms with Crippen LogP contribution in [0.25, 0.3) is 10.9 Å². The van der Waals surface area contributed by atoms with E-state index < -0.39 is 0 Å². The van der Waals surface area contributed by atoms with Crippen LogP contribution in [-0.4, -0.2) is 28.9 Å². The van der Waals surface area contributed by atoms with Gasteiger partial charge in [-0.1, -0.05) is 36.9 Å². The molecule has 1 aromatic heterocycles. The second kappa shape index (κ2) is 6.95. The van der Waals surface area contributed by atoms with Gasteiger partial charge in [0.2, 0.25) is 0 Å². The predicted octanol–water partition coefficient (Wildman–Crippen LogP) is 5.17. The van der Waals surface area contributed by atoms with Gasteiger partial charge in [0, 0.05) is 29.7 Å². The lowest BCUT2D eigenvalue weighted by Gasteiger charge is -2.31. The van der Waals surface area contributed by atoms with Crippen LogP contribution in [0.15, 0.2) is 18.2 Å². The lowest BCUT2D eigenvalue weighted by Crippen LogP contribution is -2.38. The Kier molecular flexibility index (Phi) is 4.68. The number of rotatable bonds is 2. The fraction of sp³-hybridized carbons (Fsp3) is 0.524. The summed E-state index contributed by atoms with van der Waals surface area (Å²) in [7, 11) is 1.94. The number of benzene rings is 1. The van der Waals surface area contributed by atoms with Gasteiger partial charge in [-0.3, -0.25) is 9.78 Å². The molecule has 0 saturated heterocycles. The lowest BCUT2D eigenvalue weighted by molar-refractivity contribution is 0.0696. The average molecular weight is 357 g/mol. The maximum atomic E-state index is 12.9. The minimum absolute atomic E-state index is 0.101. The first-order valence-electron chi connectivity index (χ1n) is 9.53. The van der Waals surface area contributed by atoms with Gasteiger partial charge in [0.05, 0.1) is 10.5 Å². The van der Waals surface area contributed by atoms with E-state index in [0.29, 0.717) is 6.04 Å². The maximum absolute atomic E-state index is 12.9. The van der Waals surface area contributed by atoms with Crippen molar-refractivity contribution in [2.45, 2.75) is 63.8 Å². The van der Waals surface area contributed by atoms with Crippen molar-refractivity contribution in [1.29, 1.82) is 0 Å². The first-order valence-corrected chi connectivity index (χ1v) is 9.91. The topological polar surface area (TPSA) is 33.2 Å². The third kappa shape index (κ3) is 3.15. The van der Waals surface area contributed by atoms with E-state index >= 15 is 0 Å². The molecule has 0 unspecified atom stereocenters. The molecule has 0 atom stereocenters. The molecule has 1 heterocycles. The molecule has 1 fully saturated rings. The molecule has 1 amide bonds. The number of fused-ring (bicyclic) bond motifs is 2. The van der Waals surface area contributed by atoms with E-state index in [1.54, 1.807) is 0 Å². The zero-order valence-corrected chi connectivity index (χ0v) is 15.6. The van der Waals surface area contributed by atoms with Crippen molar-refractivity contribution in [3.63, 3.8) is 0 Å². The molecular weight excluding hydrogens is 332 g/mol. The summed E-state index contributed by atoms with van der Waals surface area (Å²) >= 11 is 6.64. The Morgan fingerprint density at radius 1 is 1.12 bits per heavy atom. The summed E-state index contributed by atoms with van der Waals surface area (Å²) in [6, 6.07) is 6.18. The van der Waals surface area contributed by atoms with Crippen molar-refractivity contribution in [3.8, 4) is 0 Å². The van der Waals surface area contributed by atoms with Gasteiger partial charge in [-0.15, -0.1) is 0 Å². The highest BCUT2D eigenvalue weighted by Crippen LogP contribution is 2.33. The molecule has 2 aliphatic carbocycles. The lowest BCUT2D eigenvalue weighted by atomic mass is 9.93. The van der Waals surface area contributed by atoms with Crippen LogP contribution >= 0.6 is 11.6 Å². The van der Waals surface area contributed by atoms with Gasteiger partial charge >= 0.3 is 0 Å². The van der Waals surface area contributed by atoms with Gasteiger partial charge in [-0.25, -0.2) is 0 Å². The summed E-state index contributed by atoms with van der Waals surface area (Å²) in [6.07, 6.45) is 10.3. The first-order chi connectivity index (χ1) is 12.1. The van der Waals surface area contributed by atoms with Crippen LogP contribution in [0.2, 0.25) is 5.02 Å². The van der Waals surface area contributed by atoms with E-state index in [1.165, 1.54) is 37.7 Å². The number of hydrogen-bond acceptors (Lipinski definition) is 2. The molecule has 1 aromatic carbocycles. The zero-order valence-electron chi connectivity index (χ0n) is 14.9. The Morgan fingerprint density at radius 2 is 1.88 bits per heavy atom. The number of aromatic nitrogens is 1. The number of pyridine rings is 1. The Bertz CT molecular complexity index is 811. The number of carbonyl (C=O) groups excluding carboxylic acids is 1. The van der Waals surface area contributed by atoms with Crippen LogP contribution in [-0.2, 0) is 12.8 Å². The third-order valence-electron chi connectivity index (χ3n) is 5.88. The first kappa shape index (κ1) is 16.8. The highest BCUT2D eigenvalue weighted by Gasteiger charge is 2.24. The van der Waals surface area contributed by atoms with Gasteiger partial charge in [0.1, 0.15) is 0 Å². The highest BCUT2D eigenvalue weighted by atomic mass is 35.5. The Morgan fingerprint density at radius 3 is 2.68 bits per heavy atom. The average Bonchev–Trinajstić information content (AvgIpc) is 2.67. The summed E-state index contributed by atoms with van der Waals surface area (Å²) in [5, 5.41) is 1.80. The van der Waals surface area contributed by atoms with E-state index in [1.807, 2.05) is 30.1 Å². The molecular formula is C21H25ClN2O. The number of hydrogen-bond donors (Lipinski definition) is 0. The van der Waals surface area contributed by atoms with Gasteiger partial charge in [-0.05, 0) is 56.2 Å². The molecule has 0 radical (unpaired) electrons. The molecule has 2 aliphatic rings. The summed E-state index contributed by atoms with van der Waals surface area (Å²) in [5.41, 5.74) is 3.90. The molecule has 25 heavy (non-hydrogen) atoms. The SMILES string of the molecule is CN(C(=O)c1ccc2c(Cl)c3c(nc2c1)CCCC3)C1CCCCC1. The molecule has 3 nitrogen and oxygen atoms in total. The van der Waals surface area contributed by atoms with Crippen molar-refractivity contribution in [2.75, 3.05) is 7.05 Å². The smallest absolute Gasteiger partial charge is 0.253 e. The van der Waals surface area contributed by atoms with Crippen LogP contribution in [0, 0.1) is 0 Å². The second-order valence-corrected chi connectivity index (χ2v) is 7.88. The van der Waals surface area contributed by atoms with Gasteiger partial charge < -0.3 is 4.90 Å². The predicted molar refractivity (Wildman–Crippen MR) is 102 cm³/mol. The Hall–Kier alpha value is -1.61. The number of amides is 1. The second-order valence-electron chi connectivity index (χ2n) is 7.50. The van der Waals surface area contributed by atoms with Crippen LogP contribution in [0.3, 0.4) is 0 Å². The summed E-state index contributed by atoms with van der Waals surface area (Å²) in [6.45, 7) is 0. The van der Waals surface area contributed by atoms with Crippen LogP contribution in [0.5, 0.6) is 0 Å². The van der Waals surface area contributed by atoms with Crippen LogP contribution in [0.1, 0.15) is 66.6 Å². The third-order valence-corrected chi connectivity index (χ3v) is 6.31. The Labute approximate surface area is 154 Å². The summed E-state index contributed by atoms with van der Waals surface area (Å²) in [4.78, 5) is 19.7. The Balaban J connectivity index is 1.67. The number of aryl methyl sites for hydroxylation is 1. The van der Waals surface area contributed by atoms with E-state index in [0.717, 1.165) is 52.9 Å². The molecule has 132 valence electrons. The van der Waals surface area contributed by atoms with Crippen molar-refractivity contribution in [3.05, 3.63) is 40.0 Å². The molecule has 0 spiro atoms. The number of nitrogens with zero attached hydrogens (tertiary/aromatic N) is 2. The largest absolute Gasteiger partial charge is 0.339 e. The van der Waals surface area contributed by atoms with Crippen molar-refractivity contribution < 1.29 is 4.79 Å². The van der Waals surface area contributed by atoms with Crippen LogP contribution < -0.4 is 0 Å². The summed E-state index contributed by atoms with van der Waals surface area (Å²) < 4.78 is 0. The number of halogens is 1. The minimum atomic E-state index is 0.101. The molecule has 4 rings (SSSR count). The monoisotopic (exact) mass is 356 g/mol. The highest BCUT2D eigenvalue weighted by molar-refractivity contribution is 6.36. The molecule has 0 bridgehead atoms. The fourth-order valence-electron chi connectivity index (χ4n) is 4.34. The molecule has 1 saturated carbocycles. The van der Waals surface area contributed by atoms with Gasteiger partial charge in [0.15, 0.2) is 0 Å². The molecule has 4 heteroatoms. The quantitative estimate of drug-likeness (QED) is 0.743. The van der Waals surface area contributed by atoms with Crippen molar-refractivity contribution >= 4 is 28.4 Å². The minimum Gasteiger partial charge on any atom is -0.339 e. The molecule has 2 aromatic rings. The summed E-state index contributed by atoms with van der Waals surface area (Å²) in [5.74, 6) is 0.101. The van der Waals surface area contributed by atoms with E-state index in [9.17, 15) is 4.79 Å². The van der Waals surface area contributed by atoms with Crippen molar-refractivity contribution in [1.82, 2.24) is 9.88 Å². The molecule has 0 N–H and O–H groups in total. The normalized spacial score (nSPS) is 18.2. The van der Waals surface area contributed by atoms with E-state index in [4.69, 9.17) is 16.6 Å². The molecule has 0 aliphatic heterocycles. The van der Waals surface area contributed by atoms with E-state index in [2.05, 4.69) is 0 Å². The maximum Gasteiger partial charge on any atom is 0.253 e.